The Bertz CT molecular complexity index is 602. The van der Waals surface area contributed by atoms with Gasteiger partial charge >= 0.3 is 6.03 Å². The number of aliphatic hydroxyl groups excluding tert-OH is 1. The zero-order valence-electron chi connectivity index (χ0n) is 14.4. The molecule has 1 heterocycles. The Morgan fingerprint density at radius 3 is 2.29 bits per heavy atom. The summed E-state index contributed by atoms with van der Waals surface area (Å²) in [5.41, 5.74) is -0.937. The molecule has 1 aromatic carbocycles. The number of nitrogens with one attached hydrogen (secondary N) is 1. The molecule has 0 unspecified atom stereocenters. The van der Waals surface area contributed by atoms with Gasteiger partial charge < -0.3 is 19.9 Å². The van der Waals surface area contributed by atoms with Crippen LogP contribution in [0.3, 0.4) is 0 Å². The van der Waals surface area contributed by atoms with Gasteiger partial charge in [-0.15, -0.1) is 0 Å². The maximum Gasteiger partial charge on any atom is 0.325 e. The van der Waals surface area contributed by atoms with Crippen LogP contribution < -0.4 is 14.8 Å². The fourth-order valence-electron chi connectivity index (χ4n) is 2.40. The number of urea groups is 1. The van der Waals surface area contributed by atoms with Crippen LogP contribution in [0.2, 0.25) is 0 Å². The van der Waals surface area contributed by atoms with Gasteiger partial charge in [-0.05, 0) is 37.1 Å². The van der Waals surface area contributed by atoms with Gasteiger partial charge in [-0.1, -0.05) is 13.8 Å². The molecule has 2 rings (SSSR count). The van der Waals surface area contributed by atoms with E-state index in [1.165, 1.54) is 0 Å². The van der Waals surface area contributed by atoms with Crippen molar-refractivity contribution in [2.45, 2.75) is 32.4 Å². The predicted molar refractivity (Wildman–Crippen MR) is 88.0 cm³/mol. The lowest BCUT2D eigenvalue weighted by Gasteiger charge is -2.26. The summed E-state index contributed by atoms with van der Waals surface area (Å²) in [6, 6.07) is 6.43. The minimum atomic E-state index is -0.976. The van der Waals surface area contributed by atoms with E-state index in [1.807, 2.05) is 13.8 Å². The molecular formula is C17H24N2O5. The minimum absolute atomic E-state index is 0.0260. The molecule has 132 valence electrons. The second-order valence-corrected chi connectivity index (χ2v) is 6.34. The van der Waals surface area contributed by atoms with Gasteiger partial charge in [0.1, 0.15) is 29.7 Å². The second kappa shape index (κ2) is 7.09. The van der Waals surface area contributed by atoms with Crippen LogP contribution in [0.25, 0.3) is 0 Å². The molecule has 0 radical (unpaired) electrons. The number of hydrogen-bond acceptors (Lipinski definition) is 5. The zero-order valence-corrected chi connectivity index (χ0v) is 14.4. The highest BCUT2D eigenvalue weighted by molar-refractivity contribution is 6.06. The van der Waals surface area contributed by atoms with Crippen molar-refractivity contribution in [1.82, 2.24) is 10.2 Å². The number of carbonyl (C=O) groups excluding carboxylic acids is 2. The van der Waals surface area contributed by atoms with Gasteiger partial charge in [0.05, 0.1) is 13.7 Å². The number of ether oxygens (including phenoxy) is 2. The predicted octanol–water partition coefficient (Wildman–Crippen LogP) is 1.40. The van der Waals surface area contributed by atoms with E-state index in [0.717, 1.165) is 4.90 Å². The Kier molecular flexibility index (Phi) is 5.33. The van der Waals surface area contributed by atoms with Gasteiger partial charge in [-0.25, -0.2) is 4.79 Å². The summed E-state index contributed by atoms with van der Waals surface area (Å²) in [4.78, 5) is 25.5. The van der Waals surface area contributed by atoms with Crippen LogP contribution in [0.4, 0.5) is 4.79 Å². The quantitative estimate of drug-likeness (QED) is 0.735. The van der Waals surface area contributed by atoms with Gasteiger partial charge in [0, 0.05) is 0 Å². The van der Waals surface area contributed by atoms with Crippen LogP contribution in [0.5, 0.6) is 11.5 Å². The molecule has 1 fully saturated rings. The molecule has 0 bridgehead atoms. The molecular weight excluding hydrogens is 312 g/mol. The molecule has 1 aromatic rings. The third-order valence-corrected chi connectivity index (χ3v) is 4.35. The fraction of sp³-hybridized carbons (Fsp3) is 0.529. The summed E-state index contributed by atoms with van der Waals surface area (Å²) >= 11 is 0. The third kappa shape index (κ3) is 3.62. The number of amides is 3. The highest BCUT2D eigenvalue weighted by Crippen LogP contribution is 2.25. The minimum Gasteiger partial charge on any atom is -0.497 e. The van der Waals surface area contributed by atoms with Gasteiger partial charge in [-0.2, -0.15) is 0 Å². The van der Waals surface area contributed by atoms with Gasteiger partial charge in [0.2, 0.25) is 0 Å². The van der Waals surface area contributed by atoms with E-state index in [1.54, 1.807) is 38.3 Å². The summed E-state index contributed by atoms with van der Waals surface area (Å²) in [7, 11) is 1.57. The number of aliphatic hydroxyl groups is 1. The molecule has 24 heavy (non-hydrogen) atoms. The van der Waals surface area contributed by atoms with Crippen molar-refractivity contribution in [3.05, 3.63) is 24.3 Å². The van der Waals surface area contributed by atoms with E-state index >= 15 is 0 Å². The first-order chi connectivity index (χ1) is 11.3. The van der Waals surface area contributed by atoms with Crippen molar-refractivity contribution in [2.24, 2.45) is 5.92 Å². The largest absolute Gasteiger partial charge is 0.497 e. The van der Waals surface area contributed by atoms with E-state index in [9.17, 15) is 14.7 Å². The number of imide groups is 1. The first-order valence-corrected chi connectivity index (χ1v) is 7.87. The summed E-state index contributed by atoms with van der Waals surface area (Å²) in [5.74, 6) is 0.895. The molecule has 0 saturated carbocycles. The smallest absolute Gasteiger partial charge is 0.325 e. The molecule has 0 aliphatic carbocycles. The molecule has 1 aliphatic heterocycles. The Labute approximate surface area is 141 Å². The summed E-state index contributed by atoms with van der Waals surface area (Å²) in [6.45, 7) is 5.29. The SMILES string of the molecule is COc1ccc(OC[C@H](O)CN2C(=O)N[C@@](C)(C(C)C)C2=O)cc1. The van der Waals surface area contributed by atoms with Crippen molar-refractivity contribution in [1.29, 1.82) is 0 Å². The molecule has 7 nitrogen and oxygen atoms in total. The average molecular weight is 336 g/mol. The van der Waals surface area contributed by atoms with Gasteiger partial charge in [0.15, 0.2) is 0 Å². The Morgan fingerprint density at radius 2 is 1.79 bits per heavy atom. The zero-order chi connectivity index (χ0) is 17.9. The number of hydrogen-bond donors (Lipinski definition) is 2. The number of methoxy groups -OCH3 is 1. The maximum atomic E-state index is 12.4. The van der Waals surface area contributed by atoms with Crippen LogP contribution in [-0.2, 0) is 4.79 Å². The number of benzene rings is 1. The van der Waals surface area contributed by atoms with Crippen molar-refractivity contribution < 1.29 is 24.2 Å². The molecule has 1 aliphatic rings. The first-order valence-electron chi connectivity index (χ1n) is 7.87. The van der Waals surface area contributed by atoms with Crippen LogP contribution in [0.15, 0.2) is 24.3 Å². The van der Waals surface area contributed by atoms with Crippen molar-refractivity contribution in [2.75, 3.05) is 20.3 Å². The lowest BCUT2D eigenvalue weighted by molar-refractivity contribution is -0.133. The van der Waals surface area contributed by atoms with Crippen molar-refractivity contribution in [3.63, 3.8) is 0 Å². The normalized spacial score (nSPS) is 21.8. The van der Waals surface area contributed by atoms with E-state index < -0.39 is 17.7 Å². The third-order valence-electron chi connectivity index (χ3n) is 4.35. The van der Waals surface area contributed by atoms with Crippen LogP contribution in [0.1, 0.15) is 20.8 Å². The van der Waals surface area contributed by atoms with Crippen molar-refractivity contribution in [3.8, 4) is 11.5 Å². The lowest BCUT2D eigenvalue weighted by Crippen LogP contribution is -2.49. The standard InChI is InChI=1S/C17H24N2O5/c1-11(2)17(3)15(21)19(16(22)18-17)9-12(20)10-24-14-7-5-13(23-4)6-8-14/h5-8,11-12,20H,9-10H2,1-4H3,(H,18,22)/t12-,17+/m1/s1. The highest BCUT2D eigenvalue weighted by Gasteiger charge is 2.49. The average Bonchev–Trinajstić information content (AvgIpc) is 2.78. The number of β-amino-alcohol motifs (C(OH)–C–C–N with tert-alkyl or cyclic N) is 1. The molecule has 0 aromatic heterocycles. The van der Waals surface area contributed by atoms with Gasteiger partial charge in [-0.3, -0.25) is 9.69 Å². The molecule has 7 heteroatoms. The van der Waals surface area contributed by atoms with E-state index in [-0.39, 0.29) is 25.0 Å². The monoisotopic (exact) mass is 336 g/mol. The maximum absolute atomic E-state index is 12.4. The molecule has 2 N–H and O–H groups in total. The Morgan fingerprint density at radius 1 is 1.21 bits per heavy atom. The topological polar surface area (TPSA) is 88.1 Å². The van der Waals surface area contributed by atoms with E-state index in [4.69, 9.17) is 9.47 Å². The summed E-state index contributed by atoms with van der Waals surface area (Å²) < 4.78 is 10.5. The highest BCUT2D eigenvalue weighted by atomic mass is 16.5. The van der Waals surface area contributed by atoms with Gasteiger partial charge in [0.25, 0.3) is 5.91 Å². The summed E-state index contributed by atoms with van der Waals surface area (Å²) in [6.07, 6.45) is -0.976. The second-order valence-electron chi connectivity index (χ2n) is 6.34. The molecule has 1 saturated heterocycles. The Hall–Kier alpha value is -2.28. The van der Waals surface area contributed by atoms with Crippen LogP contribution in [0, 0.1) is 5.92 Å². The molecule has 0 spiro atoms. The number of carbonyl (C=O) groups is 2. The molecule has 3 amide bonds. The van der Waals surface area contributed by atoms with Crippen LogP contribution >= 0.6 is 0 Å². The van der Waals surface area contributed by atoms with Crippen LogP contribution in [-0.4, -0.2) is 53.8 Å². The van der Waals surface area contributed by atoms with E-state index in [2.05, 4.69) is 5.32 Å². The fourth-order valence-corrected chi connectivity index (χ4v) is 2.40. The lowest BCUT2D eigenvalue weighted by atomic mass is 9.88. The summed E-state index contributed by atoms with van der Waals surface area (Å²) in [5, 5.41) is 12.8. The first kappa shape index (κ1) is 18.1. The number of rotatable bonds is 7. The number of nitrogens with zero attached hydrogens (tertiary/aromatic N) is 1. The Balaban J connectivity index is 1.91. The molecule has 2 atom stereocenters. The van der Waals surface area contributed by atoms with Crippen molar-refractivity contribution >= 4 is 11.9 Å². The van der Waals surface area contributed by atoms with E-state index in [0.29, 0.717) is 11.5 Å².